The number of carbonyl (C=O) groups is 2. The number of aryl methyl sites for hydroxylation is 2. The first kappa shape index (κ1) is 23.8. The van der Waals surface area contributed by atoms with Crippen LogP contribution in [-0.4, -0.2) is 32.8 Å². The van der Waals surface area contributed by atoms with E-state index in [1.54, 1.807) is 65.8 Å². The van der Waals surface area contributed by atoms with Crippen molar-refractivity contribution < 1.29 is 23.8 Å². The van der Waals surface area contributed by atoms with Crippen molar-refractivity contribution in [2.45, 2.75) is 33.4 Å². The van der Waals surface area contributed by atoms with Crippen LogP contribution in [0.15, 0.2) is 53.8 Å². The molecule has 9 heteroatoms. The highest BCUT2D eigenvalue weighted by Gasteiger charge is 2.15. The molecule has 0 saturated heterocycles. The molecule has 2 N–H and O–H groups in total. The van der Waals surface area contributed by atoms with Gasteiger partial charge < -0.3 is 24.3 Å². The quantitative estimate of drug-likeness (QED) is 0.568. The van der Waals surface area contributed by atoms with Gasteiger partial charge in [0.15, 0.2) is 0 Å². The molecule has 0 unspecified atom stereocenters. The summed E-state index contributed by atoms with van der Waals surface area (Å²) in [6.07, 6.45) is 2.13. The van der Waals surface area contributed by atoms with E-state index in [-0.39, 0.29) is 23.4 Å². The lowest BCUT2D eigenvalue weighted by Crippen LogP contribution is -2.27. The zero-order chi connectivity index (χ0) is 24.1. The first-order valence-electron chi connectivity index (χ1n) is 10.5. The predicted octanol–water partition coefficient (Wildman–Crippen LogP) is 3.79. The molecule has 1 heterocycles. The van der Waals surface area contributed by atoms with E-state index in [4.69, 9.17) is 9.84 Å². The van der Waals surface area contributed by atoms with Crippen molar-refractivity contribution in [3.63, 3.8) is 0 Å². The summed E-state index contributed by atoms with van der Waals surface area (Å²) in [7, 11) is 1.70. The molecule has 3 rings (SSSR count). The number of rotatable bonds is 7. The van der Waals surface area contributed by atoms with E-state index in [1.807, 2.05) is 13.8 Å². The molecule has 0 spiro atoms. The first-order valence-corrected chi connectivity index (χ1v) is 10.5. The SMILES string of the molecule is CCOc1cc(Cn2ccn(C)c2=NC(=O)O)cc(C(=O)N[C@@H](C)c2ccc(F)c(C)c2)c1. The highest BCUT2D eigenvalue weighted by atomic mass is 19.1. The molecule has 0 aliphatic rings. The van der Waals surface area contributed by atoms with E-state index in [0.717, 1.165) is 11.1 Å². The van der Waals surface area contributed by atoms with Crippen molar-refractivity contribution in [1.82, 2.24) is 14.5 Å². The van der Waals surface area contributed by atoms with Crippen molar-refractivity contribution in [2.75, 3.05) is 6.61 Å². The number of imidazole rings is 1. The maximum absolute atomic E-state index is 13.6. The van der Waals surface area contributed by atoms with Gasteiger partial charge in [-0.3, -0.25) is 4.79 Å². The van der Waals surface area contributed by atoms with Gasteiger partial charge in [-0.25, -0.2) is 9.18 Å². The molecule has 0 saturated carbocycles. The van der Waals surface area contributed by atoms with Gasteiger partial charge >= 0.3 is 6.09 Å². The molecule has 0 fully saturated rings. The Morgan fingerprint density at radius 2 is 1.97 bits per heavy atom. The average molecular weight is 455 g/mol. The van der Waals surface area contributed by atoms with Crippen LogP contribution < -0.4 is 15.7 Å². The second-order valence-electron chi connectivity index (χ2n) is 7.73. The Balaban J connectivity index is 1.89. The van der Waals surface area contributed by atoms with Crippen LogP contribution in [0, 0.1) is 12.7 Å². The van der Waals surface area contributed by atoms with Gasteiger partial charge in [-0.05, 0) is 61.7 Å². The third-order valence-corrected chi connectivity index (χ3v) is 5.16. The third-order valence-electron chi connectivity index (χ3n) is 5.16. The minimum atomic E-state index is -1.29. The monoisotopic (exact) mass is 454 g/mol. The van der Waals surface area contributed by atoms with E-state index in [1.165, 1.54) is 6.07 Å². The molecule has 0 aliphatic carbocycles. The summed E-state index contributed by atoms with van der Waals surface area (Å²) in [6.45, 7) is 6.07. The average Bonchev–Trinajstić information content (AvgIpc) is 3.08. The molecule has 1 atom stereocenters. The molecule has 174 valence electrons. The smallest absolute Gasteiger partial charge is 0.434 e. The van der Waals surface area contributed by atoms with Gasteiger partial charge in [0, 0.05) is 25.0 Å². The second-order valence-corrected chi connectivity index (χ2v) is 7.73. The fraction of sp³-hybridized carbons (Fsp3) is 0.292. The molecule has 1 aromatic heterocycles. The summed E-state index contributed by atoms with van der Waals surface area (Å²) in [5, 5.41) is 12.0. The largest absolute Gasteiger partial charge is 0.494 e. The van der Waals surface area contributed by atoms with E-state index in [2.05, 4.69) is 10.3 Å². The number of hydrogen-bond acceptors (Lipinski definition) is 3. The number of nitrogens with one attached hydrogen (secondary N) is 1. The van der Waals surface area contributed by atoms with Gasteiger partial charge in [0.05, 0.1) is 19.2 Å². The van der Waals surface area contributed by atoms with Gasteiger partial charge in [0.2, 0.25) is 5.62 Å². The summed E-state index contributed by atoms with van der Waals surface area (Å²) < 4.78 is 22.5. The van der Waals surface area contributed by atoms with E-state index >= 15 is 0 Å². The number of halogens is 1. The highest BCUT2D eigenvalue weighted by molar-refractivity contribution is 5.95. The number of hydrogen-bond donors (Lipinski definition) is 2. The Labute approximate surface area is 191 Å². The summed E-state index contributed by atoms with van der Waals surface area (Å²) in [4.78, 5) is 27.7. The maximum atomic E-state index is 13.6. The maximum Gasteiger partial charge on any atom is 0.434 e. The molecule has 33 heavy (non-hydrogen) atoms. The lowest BCUT2D eigenvalue weighted by molar-refractivity contribution is 0.0939. The number of carbonyl (C=O) groups excluding carboxylic acids is 1. The first-order chi connectivity index (χ1) is 15.7. The van der Waals surface area contributed by atoms with Crippen molar-refractivity contribution >= 4 is 12.0 Å². The van der Waals surface area contributed by atoms with Crippen LogP contribution in [-0.2, 0) is 13.6 Å². The number of benzene rings is 2. The number of aromatic nitrogens is 2. The number of amides is 2. The van der Waals surface area contributed by atoms with Crippen LogP contribution in [0.4, 0.5) is 9.18 Å². The molecule has 0 radical (unpaired) electrons. The summed E-state index contributed by atoms with van der Waals surface area (Å²) >= 11 is 0. The van der Waals surface area contributed by atoms with Crippen molar-refractivity contribution in [3.05, 3.63) is 82.5 Å². The molecule has 0 bridgehead atoms. The molecular formula is C24H27FN4O4. The molecule has 0 aliphatic heterocycles. The van der Waals surface area contributed by atoms with Crippen molar-refractivity contribution in [3.8, 4) is 5.75 Å². The van der Waals surface area contributed by atoms with Crippen LogP contribution in [0.3, 0.4) is 0 Å². The van der Waals surface area contributed by atoms with Crippen LogP contribution in [0.1, 0.15) is 46.9 Å². The molecule has 8 nitrogen and oxygen atoms in total. The minimum Gasteiger partial charge on any atom is -0.494 e. The fourth-order valence-electron chi connectivity index (χ4n) is 3.50. The Hall–Kier alpha value is -3.88. The number of nitrogens with zero attached hydrogens (tertiary/aromatic N) is 3. The van der Waals surface area contributed by atoms with Crippen molar-refractivity contribution in [1.29, 1.82) is 0 Å². The Morgan fingerprint density at radius 1 is 1.21 bits per heavy atom. The summed E-state index contributed by atoms with van der Waals surface area (Å²) in [6, 6.07) is 9.60. The predicted molar refractivity (Wildman–Crippen MR) is 121 cm³/mol. The number of carboxylic acid groups (broad SMARTS) is 1. The van der Waals surface area contributed by atoms with Crippen LogP contribution in [0.5, 0.6) is 5.75 Å². The zero-order valence-corrected chi connectivity index (χ0v) is 19.0. The molecule has 2 aromatic carbocycles. The minimum absolute atomic E-state index is 0.260. The van der Waals surface area contributed by atoms with Gasteiger partial charge in [-0.2, -0.15) is 0 Å². The van der Waals surface area contributed by atoms with Gasteiger partial charge in [-0.1, -0.05) is 12.1 Å². The Morgan fingerprint density at radius 3 is 2.64 bits per heavy atom. The van der Waals surface area contributed by atoms with Gasteiger partial charge in [0.1, 0.15) is 11.6 Å². The lowest BCUT2D eigenvalue weighted by Gasteiger charge is -2.16. The normalized spacial score (nSPS) is 12.5. The molecule has 2 amide bonds. The van der Waals surface area contributed by atoms with Crippen LogP contribution in [0.25, 0.3) is 0 Å². The van der Waals surface area contributed by atoms with Crippen LogP contribution in [0.2, 0.25) is 0 Å². The Bertz CT molecular complexity index is 1250. The van der Waals surface area contributed by atoms with E-state index in [0.29, 0.717) is 30.0 Å². The van der Waals surface area contributed by atoms with Crippen LogP contribution >= 0.6 is 0 Å². The molecular weight excluding hydrogens is 427 g/mol. The van der Waals surface area contributed by atoms with Gasteiger partial charge in [0.25, 0.3) is 5.91 Å². The van der Waals surface area contributed by atoms with E-state index < -0.39 is 6.09 Å². The van der Waals surface area contributed by atoms with E-state index in [9.17, 15) is 14.0 Å². The fourth-order valence-corrected chi connectivity index (χ4v) is 3.50. The van der Waals surface area contributed by atoms with Crippen molar-refractivity contribution in [2.24, 2.45) is 12.0 Å². The second kappa shape index (κ2) is 10.2. The number of ether oxygens (including phenoxy) is 1. The van der Waals surface area contributed by atoms with Gasteiger partial charge in [-0.15, -0.1) is 4.99 Å². The zero-order valence-electron chi connectivity index (χ0n) is 19.0. The summed E-state index contributed by atoms with van der Waals surface area (Å²) in [5.41, 5.74) is 2.71. The molecule has 3 aromatic rings. The topological polar surface area (TPSA) is 97.8 Å². The Kier molecular flexibility index (Phi) is 7.32. The standard InChI is InChI=1S/C24H27FN4O4/c1-5-33-20-12-17(14-29-9-8-28(4)23(29)27-24(31)32)11-19(13-20)22(30)26-16(3)18-6-7-21(25)15(2)10-18/h6-13,16H,5,14H2,1-4H3,(H,26,30)(H,31,32)/t16-/m0/s1. The lowest BCUT2D eigenvalue weighted by atomic mass is 10.0. The summed E-state index contributed by atoms with van der Waals surface area (Å²) in [5.74, 6) is -0.0711. The highest BCUT2D eigenvalue weighted by Crippen LogP contribution is 2.21. The third kappa shape index (κ3) is 5.88.